The van der Waals surface area contributed by atoms with E-state index in [1.807, 2.05) is 0 Å². The zero-order valence-electron chi connectivity index (χ0n) is 15.9. The van der Waals surface area contributed by atoms with Crippen LogP contribution in [0, 0.1) is 26.1 Å². The largest absolute Gasteiger partial charge is 0.480 e. The molecule has 12 nitrogen and oxygen atoms in total. The van der Waals surface area contributed by atoms with Crippen LogP contribution in [-0.4, -0.2) is 46.0 Å². The molecule has 0 heterocycles. The second-order valence-corrected chi connectivity index (χ2v) is 6.42. The van der Waals surface area contributed by atoms with Crippen molar-refractivity contribution >= 4 is 34.6 Å². The summed E-state index contributed by atoms with van der Waals surface area (Å²) in [5.41, 5.74) is 3.59. The molecule has 0 aliphatic carbocycles. The van der Waals surface area contributed by atoms with Gasteiger partial charge in [0.1, 0.15) is 23.5 Å². The van der Waals surface area contributed by atoms with E-state index in [1.54, 1.807) is 13.8 Å². The van der Waals surface area contributed by atoms with Crippen LogP contribution in [0.5, 0.6) is 0 Å². The number of anilines is 2. The van der Waals surface area contributed by atoms with Crippen LogP contribution in [0.4, 0.5) is 22.7 Å². The van der Waals surface area contributed by atoms with Gasteiger partial charge >= 0.3 is 5.97 Å². The molecule has 28 heavy (non-hydrogen) atoms. The van der Waals surface area contributed by atoms with Gasteiger partial charge in [-0.1, -0.05) is 20.3 Å². The first-order chi connectivity index (χ1) is 12.9. The zero-order valence-corrected chi connectivity index (χ0v) is 15.9. The molecule has 0 spiro atoms. The number of carbonyl (C=O) groups excluding carboxylic acids is 1. The van der Waals surface area contributed by atoms with Crippen LogP contribution in [0.15, 0.2) is 12.1 Å². The molecule has 0 aromatic heterocycles. The number of hydrogen-bond donors (Lipinski definition) is 3. The quantitative estimate of drug-likeness (QED) is 0.391. The molecule has 0 bridgehead atoms. The monoisotopic (exact) mass is 397 g/mol. The number of rotatable bonds is 10. The standard InChI is InChI=1S/C16H23N5O7/c1-5-8(2)14(16(23)24)19(4)12-6-10(18-9(3)15(17)22)11(20(25)26)7-13(12)21(27)28/h6-9,14,18H,5H2,1-4H3,(H2,17,22)(H,23,24)/t8-,9-,14-/m0/s1. The van der Waals surface area contributed by atoms with Gasteiger partial charge in [-0.25, -0.2) is 4.79 Å². The fourth-order valence-electron chi connectivity index (χ4n) is 2.73. The number of likely N-dealkylation sites (N-methyl/N-ethyl adjacent to an activating group) is 1. The molecule has 0 fully saturated rings. The van der Waals surface area contributed by atoms with Crippen LogP contribution < -0.4 is 16.0 Å². The van der Waals surface area contributed by atoms with E-state index in [9.17, 15) is 34.9 Å². The minimum atomic E-state index is -1.19. The Morgan fingerprint density at radius 2 is 1.75 bits per heavy atom. The number of nitro groups is 2. The van der Waals surface area contributed by atoms with E-state index < -0.39 is 45.2 Å². The fraction of sp³-hybridized carbons (Fsp3) is 0.500. The van der Waals surface area contributed by atoms with Crippen molar-refractivity contribution < 1.29 is 24.5 Å². The minimum absolute atomic E-state index is 0.137. The number of nitrogens with one attached hydrogen (secondary N) is 1. The Hall–Kier alpha value is -3.44. The van der Waals surface area contributed by atoms with Gasteiger partial charge in [0.25, 0.3) is 11.4 Å². The first-order valence-corrected chi connectivity index (χ1v) is 8.40. The van der Waals surface area contributed by atoms with Crippen LogP contribution in [0.3, 0.4) is 0 Å². The minimum Gasteiger partial charge on any atom is -0.480 e. The molecule has 3 atom stereocenters. The van der Waals surface area contributed by atoms with Gasteiger partial charge in [0, 0.05) is 7.05 Å². The molecule has 0 saturated heterocycles. The molecule has 1 aromatic rings. The van der Waals surface area contributed by atoms with Crippen molar-refractivity contribution in [2.75, 3.05) is 17.3 Å². The summed E-state index contributed by atoms with van der Waals surface area (Å²) in [6, 6.07) is -0.277. The third kappa shape index (κ3) is 4.84. The van der Waals surface area contributed by atoms with Gasteiger partial charge in [0.15, 0.2) is 0 Å². The Kier molecular flexibility index (Phi) is 7.24. The van der Waals surface area contributed by atoms with Crippen molar-refractivity contribution in [1.82, 2.24) is 0 Å². The van der Waals surface area contributed by atoms with Crippen molar-refractivity contribution in [3.63, 3.8) is 0 Å². The normalized spacial score (nSPS) is 13.9. The molecule has 4 N–H and O–H groups in total. The molecule has 0 saturated carbocycles. The summed E-state index contributed by atoms with van der Waals surface area (Å²) in [7, 11) is 1.36. The van der Waals surface area contributed by atoms with Crippen molar-refractivity contribution in [2.24, 2.45) is 11.7 Å². The number of benzene rings is 1. The summed E-state index contributed by atoms with van der Waals surface area (Å²) in [5, 5.41) is 35.0. The van der Waals surface area contributed by atoms with Crippen LogP contribution in [-0.2, 0) is 9.59 Å². The number of nitro benzene ring substituents is 2. The van der Waals surface area contributed by atoms with Gasteiger partial charge in [-0.15, -0.1) is 0 Å². The molecule has 12 heteroatoms. The van der Waals surface area contributed by atoms with Crippen LogP contribution in [0.1, 0.15) is 27.2 Å². The van der Waals surface area contributed by atoms with Gasteiger partial charge in [0.05, 0.1) is 15.9 Å². The number of carboxylic acids is 1. The number of nitrogens with two attached hydrogens (primary N) is 1. The molecule has 1 amide bonds. The maximum absolute atomic E-state index is 11.7. The Labute approximate surface area is 160 Å². The highest BCUT2D eigenvalue weighted by atomic mass is 16.6. The summed E-state index contributed by atoms with van der Waals surface area (Å²) >= 11 is 0. The molecule has 0 aliphatic rings. The van der Waals surface area contributed by atoms with E-state index in [4.69, 9.17) is 5.73 Å². The predicted octanol–water partition coefficient (Wildman–Crippen LogP) is 1.72. The number of hydrogen-bond acceptors (Lipinski definition) is 8. The number of carbonyl (C=O) groups is 2. The average Bonchev–Trinajstić information content (AvgIpc) is 2.60. The van der Waals surface area contributed by atoms with Crippen LogP contribution in [0.2, 0.25) is 0 Å². The van der Waals surface area contributed by atoms with E-state index >= 15 is 0 Å². The lowest BCUT2D eigenvalue weighted by Crippen LogP contribution is -2.43. The summed E-state index contributed by atoms with van der Waals surface area (Å²) in [6.45, 7) is 4.83. The lowest BCUT2D eigenvalue weighted by Gasteiger charge is -2.30. The number of aliphatic carboxylic acids is 1. The number of primary amides is 1. The highest BCUT2D eigenvalue weighted by Gasteiger charge is 2.34. The second kappa shape index (κ2) is 8.97. The Balaban J connectivity index is 3.66. The topological polar surface area (TPSA) is 182 Å². The summed E-state index contributed by atoms with van der Waals surface area (Å²) in [6.07, 6.45) is 0.492. The fourth-order valence-corrected chi connectivity index (χ4v) is 2.73. The molecule has 1 rings (SSSR count). The maximum atomic E-state index is 11.7. The Bertz CT molecular complexity index is 798. The molecule has 0 unspecified atom stereocenters. The third-order valence-corrected chi connectivity index (χ3v) is 4.52. The van der Waals surface area contributed by atoms with E-state index in [0.717, 1.165) is 12.1 Å². The van der Waals surface area contributed by atoms with E-state index in [0.29, 0.717) is 6.42 Å². The highest BCUT2D eigenvalue weighted by Crippen LogP contribution is 2.39. The first-order valence-electron chi connectivity index (χ1n) is 8.40. The zero-order chi connectivity index (χ0) is 21.8. The summed E-state index contributed by atoms with van der Waals surface area (Å²) in [5.74, 6) is -2.34. The lowest BCUT2D eigenvalue weighted by molar-refractivity contribution is -0.393. The number of nitrogens with zero attached hydrogens (tertiary/aromatic N) is 3. The van der Waals surface area contributed by atoms with Crippen molar-refractivity contribution in [2.45, 2.75) is 39.3 Å². The Morgan fingerprint density at radius 3 is 2.14 bits per heavy atom. The first kappa shape index (κ1) is 22.6. The van der Waals surface area contributed by atoms with Crippen molar-refractivity contribution in [1.29, 1.82) is 0 Å². The molecule has 1 aromatic carbocycles. The molecule has 0 aliphatic heterocycles. The van der Waals surface area contributed by atoms with Gasteiger partial charge in [-0.2, -0.15) is 0 Å². The summed E-state index contributed by atoms with van der Waals surface area (Å²) in [4.78, 5) is 45.4. The van der Waals surface area contributed by atoms with Gasteiger partial charge in [-0.3, -0.25) is 25.0 Å². The van der Waals surface area contributed by atoms with Crippen molar-refractivity contribution in [3.8, 4) is 0 Å². The average molecular weight is 397 g/mol. The Morgan fingerprint density at radius 1 is 1.21 bits per heavy atom. The number of amides is 1. The summed E-state index contributed by atoms with van der Waals surface area (Å²) < 4.78 is 0. The molecular formula is C16H23N5O7. The second-order valence-electron chi connectivity index (χ2n) is 6.42. The molecule has 0 radical (unpaired) electrons. The van der Waals surface area contributed by atoms with E-state index in [-0.39, 0.29) is 17.3 Å². The van der Waals surface area contributed by atoms with Crippen LogP contribution >= 0.6 is 0 Å². The van der Waals surface area contributed by atoms with Gasteiger partial charge in [0.2, 0.25) is 5.91 Å². The van der Waals surface area contributed by atoms with Gasteiger partial charge in [-0.05, 0) is 18.9 Å². The smallest absolute Gasteiger partial charge is 0.326 e. The van der Waals surface area contributed by atoms with Crippen molar-refractivity contribution in [3.05, 3.63) is 32.4 Å². The lowest BCUT2D eigenvalue weighted by atomic mass is 9.97. The van der Waals surface area contributed by atoms with E-state index in [1.165, 1.54) is 18.9 Å². The van der Waals surface area contributed by atoms with Gasteiger partial charge < -0.3 is 21.1 Å². The predicted molar refractivity (Wildman–Crippen MR) is 101 cm³/mol. The number of carboxylic acid groups (broad SMARTS) is 1. The van der Waals surface area contributed by atoms with E-state index in [2.05, 4.69) is 5.32 Å². The molecule has 154 valence electrons. The van der Waals surface area contributed by atoms with Crippen LogP contribution in [0.25, 0.3) is 0 Å². The molecular weight excluding hydrogens is 374 g/mol. The SMILES string of the molecule is CC[C@H](C)[C@@H](C(=O)O)N(C)c1cc(N[C@@H](C)C(N)=O)c([N+](=O)[O-])cc1[N+](=O)[O-]. The third-order valence-electron chi connectivity index (χ3n) is 4.52. The highest BCUT2D eigenvalue weighted by molar-refractivity contribution is 5.87. The maximum Gasteiger partial charge on any atom is 0.326 e.